The summed E-state index contributed by atoms with van der Waals surface area (Å²) in [6.07, 6.45) is -54.8. The zero-order valence-corrected chi connectivity index (χ0v) is 38.1. The molecule has 0 saturated heterocycles. The van der Waals surface area contributed by atoms with E-state index >= 15 is 0 Å². The highest BCUT2D eigenvalue weighted by Crippen LogP contribution is 2.41. The Morgan fingerprint density at radius 2 is 0.597 bits per heavy atom. The van der Waals surface area contributed by atoms with E-state index in [-0.39, 0.29) is 0 Å². The molecule has 28 heteroatoms. The molecule has 0 bridgehead atoms. The maximum atomic E-state index is 14.2. The van der Waals surface area contributed by atoms with Crippen molar-refractivity contribution in [3.63, 3.8) is 0 Å². The number of aromatic nitrogens is 1. The van der Waals surface area contributed by atoms with E-state index in [0.717, 1.165) is 11.3 Å². The lowest BCUT2D eigenvalue weighted by Crippen LogP contribution is -2.75. The first-order valence-corrected chi connectivity index (χ1v) is 21.9. The van der Waals surface area contributed by atoms with Crippen LogP contribution in [0.3, 0.4) is 0 Å². The molecule has 2 nitrogen and oxygen atoms in total. The van der Waals surface area contributed by atoms with Crippen LogP contribution in [0.1, 0.15) is 44.5 Å². The molecule has 0 amide bonds. The molecular weight excluding hydrogens is 1120 g/mol. The van der Waals surface area contributed by atoms with Crippen LogP contribution in [0, 0.1) is 0 Å². The highest BCUT2D eigenvalue weighted by Gasteiger charge is 2.47. The van der Waals surface area contributed by atoms with Crippen LogP contribution in [0.25, 0.3) is 21.0 Å². The van der Waals surface area contributed by atoms with Crippen LogP contribution in [0.15, 0.2) is 145 Å². The van der Waals surface area contributed by atoms with Gasteiger partial charge in [-0.1, -0.05) is 102 Å². The van der Waals surface area contributed by atoms with Gasteiger partial charge >= 0.3 is 49.4 Å². The topological polar surface area (TPSA) is 13.1 Å². The fourth-order valence-electron chi connectivity index (χ4n) is 8.38. The highest BCUT2D eigenvalue weighted by atomic mass is 32.1. The summed E-state index contributed by atoms with van der Waals surface area (Å²) < 4.78 is 344. The van der Waals surface area contributed by atoms with E-state index in [1.54, 1.807) is 11.3 Å². The van der Waals surface area contributed by atoms with E-state index in [0.29, 0.717) is 0 Å². The monoisotopic (exact) mass is 1140 g/mol. The summed E-state index contributed by atoms with van der Waals surface area (Å²) in [5, 5.41) is 2.41. The Hall–Kier alpha value is -7.13. The molecule has 0 radical (unpaired) electrons. The molecule has 0 aliphatic rings. The van der Waals surface area contributed by atoms with Crippen LogP contribution < -0.4 is 31.4 Å². The van der Waals surface area contributed by atoms with Gasteiger partial charge in [0.05, 0.1) is 44.5 Å². The lowest BCUT2D eigenvalue weighted by Gasteiger charge is -2.46. The maximum absolute atomic E-state index is 14.2. The van der Waals surface area contributed by atoms with Gasteiger partial charge in [0, 0.05) is 10.8 Å². The van der Waals surface area contributed by atoms with E-state index in [2.05, 4.69) is 36.4 Å². The van der Waals surface area contributed by atoms with Gasteiger partial charge in [-0.05, 0) is 53.2 Å². The Labute approximate surface area is 419 Å². The van der Waals surface area contributed by atoms with Gasteiger partial charge in [0.1, 0.15) is 10.8 Å². The molecule has 8 rings (SSSR count). The molecule has 8 aromatic rings. The normalized spacial score (nSPS) is 13.5. The van der Waals surface area contributed by atoms with Crippen molar-refractivity contribution in [2.45, 2.75) is 49.4 Å². The number of benzene rings is 7. The maximum Gasteiger partial charge on any atom is 0.416 e. The summed E-state index contributed by atoms with van der Waals surface area (Å²) in [6, 6.07) is 13.8. The molecule has 0 unspecified atom stereocenters. The van der Waals surface area contributed by atoms with E-state index in [9.17, 15) is 105 Å². The molecule has 1 aromatic heterocycles. The molecule has 7 aromatic carbocycles. The van der Waals surface area contributed by atoms with Crippen molar-refractivity contribution in [1.29, 1.82) is 0 Å². The molecular formula is C49H24BF24NOS. The number of hydrogen-bond donors (Lipinski definition) is 0. The second kappa shape index (κ2) is 19.7. The van der Waals surface area contributed by atoms with Crippen LogP contribution >= 0.6 is 11.3 Å². The second-order valence-electron chi connectivity index (χ2n) is 16.8. The van der Waals surface area contributed by atoms with Gasteiger partial charge in [-0.3, -0.25) is 0 Å². The SMILES string of the molecule is FC(F)(F)c1cc([B-](c2cc(C(F)(F)F)cc(C(F)(F)F)c2)(c2cc(C(F)(F)F)cc(C(F)(F)F)c2)c2cc(C(F)(F)F)cc(C(F)(F)F)c2)cc(C(F)(F)F)c1.c1ccc2cc(O[n+]3csc4ccccc43)ccc2c1. The van der Waals surface area contributed by atoms with Crippen LogP contribution in [0.4, 0.5) is 105 Å². The molecule has 408 valence electrons. The van der Waals surface area contributed by atoms with E-state index < -0.39 is 195 Å². The third-order valence-corrected chi connectivity index (χ3v) is 12.6. The first kappa shape index (κ1) is 57.6. The first-order chi connectivity index (χ1) is 35.2. The molecule has 1 heterocycles. The Kier molecular flexibility index (Phi) is 14.7. The number of halogens is 24. The molecule has 77 heavy (non-hydrogen) atoms. The fraction of sp³-hybridized carbons (Fsp3) is 0.163. The third kappa shape index (κ3) is 12.5. The molecule has 0 N–H and O–H groups in total. The molecule has 0 fully saturated rings. The smallest absolute Gasteiger partial charge is 0.230 e. The Morgan fingerprint density at radius 3 is 0.909 bits per heavy atom. The lowest BCUT2D eigenvalue weighted by molar-refractivity contribution is -0.851. The summed E-state index contributed by atoms with van der Waals surface area (Å²) in [7, 11) is 0. The van der Waals surface area contributed by atoms with Crippen LogP contribution in [0.5, 0.6) is 5.75 Å². The third-order valence-electron chi connectivity index (χ3n) is 11.7. The Balaban J connectivity index is 0.000000353. The predicted molar refractivity (Wildman–Crippen MR) is 232 cm³/mol. The van der Waals surface area contributed by atoms with Gasteiger partial charge in [-0.15, -0.1) is 0 Å². The van der Waals surface area contributed by atoms with Crippen molar-refractivity contribution in [3.05, 3.63) is 190 Å². The summed E-state index contributed by atoms with van der Waals surface area (Å²) >= 11 is 1.67. The number of rotatable bonds is 6. The standard InChI is InChI=1S/C32H12BF24.C17H12NOS/c34-25(35,36)13-1-14(26(37,38)39)6-21(5-13)33(22-7-15(27(40,41)42)2-16(8-22)28(43,44)45,23-9-17(29(46,47)48)3-18(10-23)30(49,50)51)24-11-19(31(52,53)54)4-20(12-24)32(55,56)57;1-2-6-14-11-15(10-9-13(14)5-1)19-18-12-20-17-8-4-3-7-16(17)18/h1-12H;1-12H/q-1;+1. The average Bonchev–Trinajstić information content (AvgIpc) is 3.72. The van der Waals surface area contributed by atoms with Crippen molar-refractivity contribution in [2.75, 3.05) is 0 Å². The first-order valence-electron chi connectivity index (χ1n) is 21.1. The minimum absolute atomic E-state index is 0.691. The van der Waals surface area contributed by atoms with Crippen molar-refractivity contribution >= 4 is 60.3 Å². The van der Waals surface area contributed by atoms with Crippen LogP contribution in [-0.4, -0.2) is 6.15 Å². The average molecular weight is 1140 g/mol. The molecule has 0 spiro atoms. The summed E-state index contributed by atoms with van der Waals surface area (Å²) in [6.45, 7) is 0. The Bertz CT molecular complexity index is 3030. The number of fused-ring (bicyclic) bond motifs is 2. The zero-order valence-electron chi connectivity index (χ0n) is 37.3. The molecule has 0 atom stereocenters. The Morgan fingerprint density at radius 1 is 0.312 bits per heavy atom. The number of hydrogen-bond acceptors (Lipinski definition) is 2. The number of nitrogens with zero attached hydrogens (tertiary/aromatic N) is 1. The van der Waals surface area contributed by atoms with Gasteiger partial charge in [0.15, 0.2) is 0 Å². The van der Waals surface area contributed by atoms with Crippen molar-refractivity contribution in [3.8, 4) is 5.75 Å². The summed E-state index contributed by atoms with van der Waals surface area (Å²) in [5.74, 6) is 0.845. The summed E-state index contributed by atoms with van der Waals surface area (Å²) in [4.78, 5) is 5.97. The van der Waals surface area contributed by atoms with E-state index in [1.807, 2.05) is 40.6 Å². The van der Waals surface area contributed by atoms with Gasteiger partial charge in [0.25, 0.3) is 11.0 Å². The van der Waals surface area contributed by atoms with Crippen molar-refractivity contribution in [1.82, 2.24) is 0 Å². The molecule has 0 saturated carbocycles. The predicted octanol–water partition coefficient (Wildman–Crippen LogP) is 15.4. The lowest BCUT2D eigenvalue weighted by atomic mass is 9.12. The number of alkyl halides is 24. The van der Waals surface area contributed by atoms with Crippen molar-refractivity contribution < 1.29 is 115 Å². The molecule has 0 aliphatic heterocycles. The number of thiazole rings is 1. The van der Waals surface area contributed by atoms with E-state index in [1.165, 1.54) is 15.5 Å². The second-order valence-corrected chi connectivity index (χ2v) is 17.7. The minimum atomic E-state index is -6.13. The quantitative estimate of drug-likeness (QED) is 0.0919. The van der Waals surface area contributed by atoms with E-state index in [4.69, 9.17) is 4.84 Å². The fourth-order valence-corrected chi connectivity index (χ4v) is 9.18. The van der Waals surface area contributed by atoms with Gasteiger partial charge < -0.3 is 0 Å². The zero-order chi connectivity index (χ0) is 57.3. The largest absolute Gasteiger partial charge is 0.416 e. The molecule has 0 aliphatic carbocycles. The number of para-hydroxylation sites is 1. The van der Waals surface area contributed by atoms with Crippen LogP contribution in [0.2, 0.25) is 0 Å². The van der Waals surface area contributed by atoms with Gasteiger partial charge in [-0.2, -0.15) is 127 Å². The van der Waals surface area contributed by atoms with Gasteiger partial charge in [-0.25, -0.2) is 4.84 Å². The summed E-state index contributed by atoms with van der Waals surface area (Å²) in [5.41, 5.74) is -27.1. The van der Waals surface area contributed by atoms with Crippen LogP contribution in [-0.2, 0) is 49.4 Å². The highest BCUT2D eigenvalue weighted by molar-refractivity contribution is 7.20. The van der Waals surface area contributed by atoms with Gasteiger partial charge in [0.2, 0.25) is 5.75 Å². The van der Waals surface area contributed by atoms with Crippen molar-refractivity contribution in [2.24, 2.45) is 0 Å². The minimum Gasteiger partial charge on any atom is -0.230 e.